The van der Waals surface area contributed by atoms with Crippen molar-refractivity contribution in [2.45, 2.75) is 70.6 Å². The van der Waals surface area contributed by atoms with E-state index in [9.17, 15) is 19.8 Å². The fourth-order valence-corrected chi connectivity index (χ4v) is 6.41. The number of ether oxygens (including phenoxy) is 1. The molecular formula is C31H38N2O5-2. The van der Waals surface area contributed by atoms with Crippen LogP contribution < -0.4 is 14.9 Å². The number of hydrogen-bond acceptors (Lipinski definition) is 7. The van der Waals surface area contributed by atoms with Crippen LogP contribution in [-0.4, -0.2) is 61.0 Å². The Labute approximate surface area is 225 Å². The van der Waals surface area contributed by atoms with Crippen LogP contribution in [0.2, 0.25) is 0 Å². The lowest BCUT2D eigenvalue weighted by Crippen LogP contribution is -2.32. The second-order valence-electron chi connectivity index (χ2n) is 11.1. The van der Waals surface area contributed by atoms with E-state index < -0.39 is 11.9 Å². The standard InChI is InChI=1S/C31H40N2O5/c34-30(35)23-11-12-27-24(19-23)20-26-25(10-8-18-33-15-5-2-6-16-33)29(31(36)37)22(21-28(26)38-27)9-7-17-32-13-3-1-4-14-32/h11-12,19,21H,1-10,13-18,20H2,(H,34,35)(H,36,37)/p-2. The SMILES string of the molecule is O=C([O-])c1ccc2c(c1)Cc1c(cc(CCCN3CCCCC3)c(C(=O)[O-])c1CCCN1CCCCC1)O2. The zero-order valence-corrected chi connectivity index (χ0v) is 22.3. The molecule has 3 aliphatic rings. The quantitative estimate of drug-likeness (QED) is 0.407. The third-order valence-electron chi connectivity index (χ3n) is 8.40. The van der Waals surface area contributed by atoms with E-state index in [0.717, 1.165) is 74.4 Å². The van der Waals surface area contributed by atoms with E-state index in [-0.39, 0.29) is 5.56 Å². The summed E-state index contributed by atoms with van der Waals surface area (Å²) in [5.41, 5.74) is 3.55. The molecule has 2 aromatic rings. The molecule has 0 spiro atoms. The number of carbonyl (C=O) groups is 2. The fraction of sp³-hybridized carbons (Fsp3) is 0.548. The lowest BCUT2D eigenvalue weighted by molar-refractivity contribution is -0.256. The van der Waals surface area contributed by atoms with Gasteiger partial charge in [-0.15, -0.1) is 0 Å². The van der Waals surface area contributed by atoms with Crippen LogP contribution in [0.25, 0.3) is 0 Å². The summed E-state index contributed by atoms with van der Waals surface area (Å²) in [4.78, 5) is 29.0. The normalized spacial score (nSPS) is 17.9. The van der Waals surface area contributed by atoms with Crippen LogP contribution in [0.15, 0.2) is 24.3 Å². The van der Waals surface area contributed by atoms with Crippen molar-refractivity contribution in [3.05, 3.63) is 57.6 Å². The van der Waals surface area contributed by atoms with Gasteiger partial charge in [-0.3, -0.25) is 0 Å². The Balaban J connectivity index is 1.43. The molecule has 0 bridgehead atoms. The summed E-state index contributed by atoms with van der Waals surface area (Å²) in [5, 5.41) is 24.0. The lowest BCUT2D eigenvalue weighted by atomic mass is 9.86. The van der Waals surface area contributed by atoms with E-state index in [0.29, 0.717) is 36.3 Å². The van der Waals surface area contributed by atoms with Crippen LogP contribution >= 0.6 is 0 Å². The van der Waals surface area contributed by atoms with Gasteiger partial charge < -0.3 is 34.3 Å². The first-order chi connectivity index (χ1) is 18.5. The molecule has 0 radical (unpaired) electrons. The second kappa shape index (κ2) is 12.3. The Morgan fingerprint density at radius 3 is 2.00 bits per heavy atom. The molecule has 3 aliphatic heterocycles. The smallest absolute Gasteiger partial charge is 0.131 e. The number of carboxylic acids is 2. The van der Waals surface area contributed by atoms with Gasteiger partial charge in [-0.05, 0) is 137 Å². The van der Waals surface area contributed by atoms with Crippen molar-refractivity contribution >= 4 is 11.9 Å². The van der Waals surface area contributed by atoms with Crippen molar-refractivity contribution in [3.63, 3.8) is 0 Å². The van der Waals surface area contributed by atoms with E-state index in [1.165, 1.54) is 44.6 Å². The molecule has 7 nitrogen and oxygen atoms in total. The van der Waals surface area contributed by atoms with Crippen LogP contribution in [0.1, 0.15) is 94.3 Å². The van der Waals surface area contributed by atoms with Crippen molar-refractivity contribution < 1.29 is 24.5 Å². The zero-order chi connectivity index (χ0) is 26.5. The second-order valence-corrected chi connectivity index (χ2v) is 11.1. The van der Waals surface area contributed by atoms with Crippen molar-refractivity contribution in [2.24, 2.45) is 0 Å². The number of nitrogens with zero attached hydrogens (tertiary/aromatic N) is 2. The van der Waals surface area contributed by atoms with E-state index in [1.54, 1.807) is 12.1 Å². The highest BCUT2D eigenvalue weighted by molar-refractivity contribution is 5.91. The van der Waals surface area contributed by atoms with Gasteiger partial charge in [-0.25, -0.2) is 0 Å². The minimum atomic E-state index is -1.24. The maximum atomic E-state index is 12.6. The van der Waals surface area contributed by atoms with Gasteiger partial charge in [0.1, 0.15) is 11.5 Å². The monoisotopic (exact) mass is 518 g/mol. The number of fused-ring (bicyclic) bond motifs is 2. The van der Waals surface area contributed by atoms with Gasteiger partial charge >= 0.3 is 0 Å². The Bertz CT molecular complexity index is 1170. The molecule has 0 atom stereocenters. The van der Waals surface area contributed by atoms with Crippen LogP contribution in [0.3, 0.4) is 0 Å². The number of benzene rings is 2. The van der Waals surface area contributed by atoms with E-state index in [4.69, 9.17) is 4.74 Å². The summed E-state index contributed by atoms with van der Waals surface area (Å²) >= 11 is 0. The first-order valence-electron chi connectivity index (χ1n) is 14.4. The number of likely N-dealkylation sites (tertiary alicyclic amines) is 2. The number of rotatable bonds is 10. The highest BCUT2D eigenvalue weighted by atomic mass is 16.5. The van der Waals surface area contributed by atoms with Gasteiger partial charge in [0.25, 0.3) is 0 Å². The Hall–Kier alpha value is -2.90. The van der Waals surface area contributed by atoms with Gasteiger partial charge in [0, 0.05) is 17.5 Å². The van der Waals surface area contributed by atoms with Crippen molar-refractivity contribution in [2.75, 3.05) is 39.3 Å². The summed E-state index contributed by atoms with van der Waals surface area (Å²) in [6, 6.07) is 6.63. The minimum absolute atomic E-state index is 0.0944. The Morgan fingerprint density at radius 2 is 1.39 bits per heavy atom. The van der Waals surface area contributed by atoms with E-state index in [2.05, 4.69) is 9.80 Å². The highest BCUT2D eigenvalue weighted by Gasteiger charge is 2.25. The van der Waals surface area contributed by atoms with Gasteiger partial charge in [0.2, 0.25) is 0 Å². The van der Waals surface area contributed by atoms with Crippen LogP contribution in [0, 0.1) is 0 Å². The molecule has 0 N–H and O–H groups in total. The first kappa shape index (κ1) is 26.7. The predicted octanol–water partition coefficient (Wildman–Crippen LogP) is 2.95. The zero-order valence-electron chi connectivity index (χ0n) is 22.3. The lowest BCUT2D eigenvalue weighted by Gasteiger charge is -2.29. The highest BCUT2D eigenvalue weighted by Crippen LogP contribution is 2.41. The molecule has 7 heteroatoms. The summed E-state index contributed by atoms with van der Waals surface area (Å²) in [6.07, 6.45) is 10.9. The molecule has 2 fully saturated rings. The number of carbonyl (C=O) groups excluding carboxylic acids is 2. The molecule has 5 rings (SSSR count). The topological polar surface area (TPSA) is 96.0 Å². The number of aromatic carboxylic acids is 2. The Kier molecular flexibility index (Phi) is 8.65. The molecule has 0 aliphatic carbocycles. The average molecular weight is 519 g/mol. The molecule has 2 aromatic carbocycles. The Morgan fingerprint density at radius 1 is 0.763 bits per heavy atom. The molecule has 3 heterocycles. The summed E-state index contributed by atoms with van der Waals surface area (Å²) in [6.45, 7) is 6.34. The minimum Gasteiger partial charge on any atom is -0.545 e. The van der Waals surface area contributed by atoms with Gasteiger partial charge in [-0.2, -0.15) is 0 Å². The molecule has 0 unspecified atom stereocenters. The predicted molar refractivity (Wildman–Crippen MR) is 142 cm³/mol. The third-order valence-corrected chi connectivity index (χ3v) is 8.40. The fourth-order valence-electron chi connectivity index (χ4n) is 6.41. The summed E-state index contributed by atoms with van der Waals surface area (Å²) in [7, 11) is 0. The molecular weight excluding hydrogens is 480 g/mol. The molecule has 2 saturated heterocycles. The number of hydrogen-bond donors (Lipinski definition) is 0. The average Bonchev–Trinajstić information content (AvgIpc) is 2.92. The maximum Gasteiger partial charge on any atom is 0.131 e. The number of aryl methyl sites for hydroxylation is 1. The molecule has 38 heavy (non-hydrogen) atoms. The first-order valence-corrected chi connectivity index (χ1v) is 14.4. The summed E-state index contributed by atoms with van der Waals surface area (Å²) in [5.74, 6) is -1.07. The van der Waals surface area contributed by atoms with Gasteiger partial charge in [-0.1, -0.05) is 12.8 Å². The number of piperidine rings is 2. The van der Waals surface area contributed by atoms with E-state index in [1.807, 2.05) is 6.07 Å². The molecule has 0 saturated carbocycles. The van der Waals surface area contributed by atoms with E-state index >= 15 is 0 Å². The van der Waals surface area contributed by atoms with Crippen molar-refractivity contribution in [1.29, 1.82) is 0 Å². The third kappa shape index (κ3) is 6.21. The molecule has 0 amide bonds. The number of carboxylic acid groups (broad SMARTS) is 2. The van der Waals surface area contributed by atoms with Crippen LogP contribution in [-0.2, 0) is 19.3 Å². The van der Waals surface area contributed by atoms with Gasteiger partial charge in [0.05, 0.1) is 11.9 Å². The molecule has 204 valence electrons. The summed E-state index contributed by atoms with van der Waals surface area (Å²) < 4.78 is 6.27. The largest absolute Gasteiger partial charge is 0.545 e. The van der Waals surface area contributed by atoms with Crippen molar-refractivity contribution in [3.8, 4) is 11.5 Å². The van der Waals surface area contributed by atoms with Crippen LogP contribution in [0.4, 0.5) is 0 Å². The molecule has 0 aromatic heterocycles. The maximum absolute atomic E-state index is 12.6. The van der Waals surface area contributed by atoms with Crippen LogP contribution in [0.5, 0.6) is 11.5 Å². The van der Waals surface area contributed by atoms with Gasteiger partial charge in [0.15, 0.2) is 0 Å². The van der Waals surface area contributed by atoms with Crippen molar-refractivity contribution in [1.82, 2.24) is 9.80 Å².